The number of carbonyl (C=O) groups is 3. The maximum Gasteiger partial charge on any atom is 0.247 e. The van der Waals surface area contributed by atoms with Gasteiger partial charge in [-0.25, -0.2) is 0 Å². The molecule has 4 saturated heterocycles. The van der Waals surface area contributed by atoms with Gasteiger partial charge in [0, 0.05) is 55.9 Å². The molecule has 1 spiro atoms. The molecule has 4 aliphatic rings. The Morgan fingerprint density at radius 2 is 1.81 bits per heavy atom. The highest BCUT2D eigenvalue weighted by molar-refractivity contribution is 9.09. The molecular formula is C31H49BrN4O5S. The topological polar surface area (TPSA) is 93.6 Å². The van der Waals surface area contributed by atoms with E-state index in [4.69, 9.17) is 4.74 Å². The number of rotatable bonds is 15. The Kier molecular flexibility index (Phi) is 11.6. The van der Waals surface area contributed by atoms with Crippen LogP contribution >= 0.6 is 27.7 Å². The Morgan fingerprint density at radius 1 is 1.17 bits per heavy atom. The average molecular weight is 670 g/mol. The van der Waals surface area contributed by atoms with Gasteiger partial charge in [0.1, 0.15) is 6.04 Å². The first kappa shape index (κ1) is 33.5. The van der Waals surface area contributed by atoms with Gasteiger partial charge in [-0.05, 0) is 18.8 Å². The molecule has 236 valence electrons. The number of amides is 3. The second-order valence-electron chi connectivity index (χ2n) is 12.1. The van der Waals surface area contributed by atoms with E-state index in [1.54, 1.807) is 28.8 Å². The van der Waals surface area contributed by atoms with Crippen molar-refractivity contribution in [2.45, 2.75) is 66.9 Å². The number of hydrogen-bond acceptors (Lipinski definition) is 7. The lowest BCUT2D eigenvalue weighted by Crippen LogP contribution is -2.59. The molecule has 2 bridgehead atoms. The van der Waals surface area contributed by atoms with Gasteiger partial charge in [0.15, 0.2) is 0 Å². The maximum atomic E-state index is 14.8. The van der Waals surface area contributed by atoms with Crippen LogP contribution in [0.4, 0.5) is 0 Å². The highest BCUT2D eigenvalue weighted by atomic mass is 79.9. The van der Waals surface area contributed by atoms with Gasteiger partial charge in [-0.15, -0.1) is 24.9 Å². The van der Waals surface area contributed by atoms with Crippen LogP contribution in [0, 0.1) is 17.8 Å². The Labute approximate surface area is 264 Å². The molecule has 4 aliphatic heterocycles. The molecular weight excluding hydrogens is 620 g/mol. The molecule has 3 unspecified atom stereocenters. The van der Waals surface area contributed by atoms with Crippen LogP contribution in [0.2, 0.25) is 0 Å². The number of halogens is 1. The fourth-order valence-corrected chi connectivity index (χ4v) is 11.0. The SMILES string of the molecule is C=CCN(CCN1CCOCC1)C(=O)C1N([C@@H](CO)[C@@H](C)CC)C(=O)[C@@H]2[C@@H](C(=O)N(CC=C)CCC)[C@@H]3SC12CC3Br. The normalized spacial score (nSPS) is 32.0. The number of aliphatic hydroxyl groups is 1. The average Bonchev–Trinajstić information content (AvgIpc) is 3.58. The quantitative estimate of drug-likeness (QED) is 0.212. The van der Waals surface area contributed by atoms with Crippen molar-refractivity contribution in [3.05, 3.63) is 25.3 Å². The fourth-order valence-electron chi connectivity index (χ4n) is 7.44. The number of thioether (sulfide) groups is 1. The summed E-state index contributed by atoms with van der Waals surface area (Å²) < 4.78 is 4.75. The molecule has 0 aliphatic carbocycles. The molecule has 3 amide bonds. The minimum atomic E-state index is -0.766. The summed E-state index contributed by atoms with van der Waals surface area (Å²) in [4.78, 5) is 51.2. The van der Waals surface area contributed by atoms with Crippen LogP contribution in [0.3, 0.4) is 0 Å². The van der Waals surface area contributed by atoms with Gasteiger partial charge < -0.3 is 24.5 Å². The summed E-state index contributed by atoms with van der Waals surface area (Å²) in [7, 11) is 0. The van der Waals surface area contributed by atoms with Crippen molar-refractivity contribution in [3.63, 3.8) is 0 Å². The number of aliphatic hydroxyl groups excluding tert-OH is 1. The van der Waals surface area contributed by atoms with Crippen LogP contribution in [0.5, 0.6) is 0 Å². The molecule has 0 radical (unpaired) electrons. The minimum absolute atomic E-state index is 0.000312. The third kappa shape index (κ3) is 6.10. The monoisotopic (exact) mass is 668 g/mol. The van der Waals surface area contributed by atoms with Gasteiger partial charge in [-0.2, -0.15) is 0 Å². The maximum absolute atomic E-state index is 14.8. The first-order valence-electron chi connectivity index (χ1n) is 15.5. The van der Waals surface area contributed by atoms with E-state index in [9.17, 15) is 19.5 Å². The van der Waals surface area contributed by atoms with Crippen molar-refractivity contribution < 1.29 is 24.2 Å². The van der Waals surface area contributed by atoms with Crippen molar-refractivity contribution >= 4 is 45.4 Å². The summed E-state index contributed by atoms with van der Waals surface area (Å²) in [6.45, 7) is 19.2. The highest BCUT2D eigenvalue weighted by Gasteiger charge is 2.76. The molecule has 9 nitrogen and oxygen atoms in total. The molecule has 0 aromatic rings. The number of nitrogens with zero attached hydrogens (tertiary/aromatic N) is 4. The van der Waals surface area contributed by atoms with Crippen LogP contribution in [0.15, 0.2) is 25.3 Å². The molecule has 0 aromatic heterocycles. The second kappa shape index (κ2) is 14.6. The van der Waals surface area contributed by atoms with E-state index in [0.29, 0.717) is 52.4 Å². The Hall–Kier alpha value is -1.40. The Bertz CT molecular complexity index is 1010. The van der Waals surface area contributed by atoms with Crippen molar-refractivity contribution in [1.82, 2.24) is 19.6 Å². The van der Waals surface area contributed by atoms with Gasteiger partial charge in [0.05, 0.1) is 42.4 Å². The van der Waals surface area contributed by atoms with Gasteiger partial charge in [-0.1, -0.05) is 55.3 Å². The van der Waals surface area contributed by atoms with Crippen LogP contribution in [-0.2, 0) is 19.1 Å². The lowest BCUT2D eigenvalue weighted by Gasteiger charge is -2.41. The van der Waals surface area contributed by atoms with Gasteiger partial charge in [0.25, 0.3) is 0 Å². The number of hydrogen-bond donors (Lipinski definition) is 1. The third-order valence-electron chi connectivity index (χ3n) is 9.70. The lowest BCUT2D eigenvalue weighted by atomic mass is 9.70. The fraction of sp³-hybridized carbons (Fsp3) is 0.774. The molecule has 4 rings (SSSR count). The second-order valence-corrected chi connectivity index (χ2v) is 14.9. The first-order valence-corrected chi connectivity index (χ1v) is 17.3. The van der Waals surface area contributed by atoms with Crippen molar-refractivity contribution in [2.75, 3.05) is 65.6 Å². The Balaban J connectivity index is 1.74. The first-order chi connectivity index (χ1) is 20.2. The molecule has 1 N–H and O–H groups in total. The predicted molar refractivity (Wildman–Crippen MR) is 170 cm³/mol. The largest absolute Gasteiger partial charge is 0.394 e. The predicted octanol–water partition coefficient (Wildman–Crippen LogP) is 2.63. The summed E-state index contributed by atoms with van der Waals surface area (Å²) in [5.74, 6) is -1.48. The number of fused-ring (bicyclic) bond motifs is 1. The van der Waals surface area contributed by atoms with Crippen LogP contribution in [-0.4, -0.2) is 135 Å². The van der Waals surface area contributed by atoms with Crippen LogP contribution < -0.4 is 0 Å². The number of alkyl halides is 1. The van der Waals surface area contributed by atoms with Gasteiger partial charge >= 0.3 is 0 Å². The molecule has 8 atom stereocenters. The van der Waals surface area contributed by atoms with E-state index >= 15 is 0 Å². The molecule has 0 aromatic carbocycles. The van der Waals surface area contributed by atoms with Crippen molar-refractivity contribution in [2.24, 2.45) is 17.8 Å². The molecule has 42 heavy (non-hydrogen) atoms. The number of morpholine rings is 1. The number of carbonyl (C=O) groups excluding carboxylic acids is 3. The van der Waals surface area contributed by atoms with E-state index in [1.165, 1.54) is 0 Å². The highest BCUT2D eigenvalue weighted by Crippen LogP contribution is 2.68. The van der Waals surface area contributed by atoms with E-state index in [-0.39, 0.29) is 40.3 Å². The van der Waals surface area contributed by atoms with Crippen molar-refractivity contribution in [1.29, 1.82) is 0 Å². The zero-order chi connectivity index (χ0) is 30.6. The van der Waals surface area contributed by atoms with Crippen LogP contribution in [0.25, 0.3) is 0 Å². The summed E-state index contributed by atoms with van der Waals surface area (Å²) in [6, 6.07) is -1.27. The summed E-state index contributed by atoms with van der Waals surface area (Å²) in [6.07, 6.45) is 5.65. The van der Waals surface area contributed by atoms with Crippen molar-refractivity contribution in [3.8, 4) is 0 Å². The van der Waals surface area contributed by atoms with Gasteiger partial charge in [0.2, 0.25) is 17.7 Å². The zero-order valence-corrected chi connectivity index (χ0v) is 27.9. The zero-order valence-electron chi connectivity index (χ0n) is 25.5. The van der Waals surface area contributed by atoms with Gasteiger partial charge in [-0.3, -0.25) is 19.3 Å². The smallest absolute Gasteiger partial charge is 0.247 e. The Morgan fingerprint density at radius 3 is 2.38 bits per heavy atom. The number of likely N-dealkylation sites (tertiary alicyclic amines) is 1. The molecule has 0 saturated carbocycles. The minimum Gasteiger partial charge on any atom is -0.394 e. The van der Waals surface area contributed by atoms with E-state index in [1.807, 2.05) is 30.6 Å². The van der Waals surface area contributed by atoms with Crippen LogP contribution in [0.1, 0.15) is 40.0 Å². The van der Waals surface area contributed by atoms with E-state index < -0.39 is 28.7 Å². The molecule has 4 heterocycles. The molecule has 11 heteroatoms. The summed E-state index contributed by atoms with van der Waals surface area (Å²) in [5, 5.41) is 10.5. The standard InChI is InChI=1S/C31H49BrN4O5S/c1-6-10-34(11-7-2)28(38)24-25-29(39)36(23(20-37)21(5)9-4)27(31(25)19-22(32)26(24)42-31)30(40)35(12-8-3)14-13-33-15-17-41-18-16-33/h6,8,21-27,37H,1,3,7,9-20H2,2,4-5H3/t21-,22?,23-,24+,25-,26+,27?,31?/m0/s1. The number of ether oxygens (including phenoxy) is 1. The molecule has 4 fully saturated rings. The van der Waals surface area contributed by atoms with E-state index in [2.05, 4.69) is 34.0 Å². The van der Waals surface area contributed by atoms with E-state index in [0.717, 1.165) is 25.9 Å². The lowest BCUT2D eigenvalue weighted by molar-refractivity contribution is -0.148. The summed E-state index contributed by atoms with van der Waals surface area (Å²) >= 11 is 5.53. The summed E-state index contributed by atoms with van der Waals surface area (Å²) in [5.41, 5.74) is 0. The third-order valence-corrected chi connectivity index (χ3v) is 12.9.